The molecule has 0 spiro atoms. The monoisotopic (exact) mass is 196 g/mol. The molecule has 13 heavy (non-hydrogen) atoms. The molecule has 2 rings (SSSR count). The van der Waals surface area contributed by atoms with Crippen molar-refractivity contribution in [2.75, 3.05) is 6.54 Å². The molecule has 0 aliphatic carbocycles. The van der Waals surface area contributed by atoms with Crippen LogP contribution >= 0.6 is 11.6 Å². The molecule has 0 unspecified atom stereocenters. The third kappa shape index (κ3) is 1.60. The Kier molecular flexibility index (Phi) is 2.10. The van der Waals surface area contributed by atoms with E-state index >= 15 is 0 Å². The van der Waals surface area contributed by atoms with Crippen LogP contribution in [-0.2, 0) is 0 Å². The molecule has 0 saturated carbocycles. The van der Waals surface area contributed by atoms with Gasteiger partial charge in [0.05, 0.1) is 6.04 Å². The van der Waals surface area contributed by atoms with Crippen LogP contribution in [0.3, 0.4) is 0 Å². The number of hydrogen-bond acceptors (Lipinski definition) is 1. The Labute approximate surface area is 81.1 Å². The number of carbonyl (C=O) groups excluding carboxylic acids is 1. The molecule has 3 nitrogen and oxygen atoms in total. The lowest BCUT2D eigenvalue weighted by Crippen LogP contribution is -2.21. The minimum Gasteiger partial charge on any atom is -0.336 e. The van der Waals surface area contributed by atoms with E-state index in [0.717, 1.165) is 5.56 Å². The van der Waals surface area contributed by atoms with Gasteiger partial charge in [0, 0.05) is 11.6 Å². The van der Waals surface area contributed by atoms with Crippen LogP contribution in [0.15, 0.2) is 24.3 Å². The Morgan fingerprint density at radius 2 is 2.15 bits per heavy atom. The quantitative estimate of drug-likeness (QED) is 0.705. The zero-order chi connectivity index (χ0) is 9.26. The molecule has 1 fully saturated rings. The highest BCUT2D eigenvalue weighted by molar-refractivity contribution is 6.31. The number of carbonyl (C=O) groups is 1. The van der Waals surface area contributed by atoms with Gasteiger partial charge in [-0.1, -0.05) is 29.8 Å². The minimum atomic E-state index is -0.134. The van der Waals surface area contributed by atoms with Crippen molar-refractivity contribution in [1.82, 2.24) is 10.6 Å². The number of amides is 2. The van der Waals surface area contributed by atoms with Gasteiger partial charge in [0.1, 0.15) is 0 Å². The number of halogens is 1. The molecule has 0 bridgehead atoms. The Hall–Kier alpha value is -1.22. The molecule has 0 aromatic heterocycles. The van der Waals surface area contributed by atoms with Crippen LogP contribution < -0.4 is 10.6 Å². The number of hydrogen-bond donors (Lipinski definition) is 2. The molecule has 2 amide bonds. The third-order valence-electron chi connectivity index (χ3n) is 2.05. The number of urea groups is 1. The maximum atomic E-state index is 10.9. The van der Waals surface area contributed by atoms with Gasteiger partial charge in [-0.05, 0) is 11.6 Å². The van der Waals surface area contributed by atoms with Crippen LogP contribution in [0.25, 0.3) is 0 Å². The van der Waals surface area contributed by atoms with E-state index in [4.69, 9.17) is 11.6 Å². The molecule has 1 aromatic carbocycles. The summed E-state index contributed by atoms with van der Waals surface area (Å²) in [5.74, 6) is 0. The lowest BCUT2D eigenvalue weighted by atomic mass is 10.1. The molecule has 1 heterocycles. The van der Waals surface area contributed by atoms with Gasteiger partial charge < -0.3 is 10.6 Å². The molecule has 1 aliphatic heterocycles. The SMILES string of the molecule is O=C1NC[C@@H](c2ccccc2Cl)N1. The van der Waals surface area contributed by atoms with E-state index in [1.54, 1.807) is 0 Å². The molecule has 1 aliphatic rings. The molecule has 1 aromatic rings. The smallest absolute Gasteiger partial charge is 0.315 e. The maximum absolute atomic E-state index is 10.9. The van der Waals surface area contributed by atoms with Crippen LogP contribution in [0.5, 0.6) is 0 Å². The topological polar surface area (TPSA) is 41.1 Å². The molecular formula is C9H9ClN2O. The van der Waals surface area contributed by atoms with Gasteiger partial charge in [-0.2, -0.15) is 0 Å². The summed E-state index contributed by atoms with van der Waals surface area (Å²) in [5, 5.41) is 6.15. The second-order valence-corrected chi connectivity index (χ2v) is 3.34. The summed E-state index contributed by atoms with van der Waals surface area (Å²) in [6.07, 6.45) is 0. The van der Waals surface area contributed by atoms with Gasteiger partial charge in [0.2, 0.25) is 0 Å². The average Bonchev–Trinajstić information content (AvgIpc) is 2.53. The normalized spacial score (nSPS) is 21.0. The first-order valence-electron chi connectivity index (χ1n) is 4.06. The Morgan fingerprint density at radius 1 is 1.38 bits per heavy atom. The Bertz CT molecular complexity index is 340. The summed E-state index contributed by atoms with van der Waals surface area (Å²) >= 11 is 5.97. The minimum absolute atomic E-state index is 0.00111. The van der Waals surface area contributed by atoms with E-state index in [2.05, 4.69) is 10.6 Å². The van der Waals surface area contributed by atoms with Crippen LogP contribution in [0.2, 0.25) is 5.02 Å². The molecular weight excluding hydrogens is 188 g/mol. The first kappa shape index (κ1) is 8.38. The van der Waals surface area contributed by atoms with Gasteiger partial charge in [0.15, 0.2) is 0 Å². The highest BCUT2D eigenvalue weighted by Crippen LogP contribution is 2.23. The van der Waals surface area contributed by atoms with Crippen LogP contribution in [0.4, 0.5) is 4.79 Å². The van der Waals surface area contributed by atoms with Gasteiger partial charge in [-0.25, -0.2) is 4.79 Å². The molecule has 68 valence electrons. The van der Waals surface area contributed by atoms with Crippen molar-refractivity contribution < 1.29 is 4.79 Å². The first-order chi connectivity index (χ1) is 6.27. The van der Waals surface area contributed by atoms with Gasteiger partial charge in [-0.15, -0.1) is 0 Å². The summed E-state index contributed by atoms with van der Waals surface area (Å²) in [6, 6.07) is 7.38. The lowest BCUT2D eigenvalue weighted by molar-refractivity contribution is 0.247. The van der Waals surface area contributed by atoms with Gasteiger partial charge >= 0.3 is 6.03 Å². The number of benzene rings is 1. The largest absolute Gasteiger partial charge is 0.336 e. The number of nitrogens with one attached hydrogen (secondary N) is 2. The van der Waals surface area contributed by atoms with Crippen molar-refractivity contribution in [1.29, 1.82) is 0 Å². The second kappa shape index (κ2) is 3.26. The second-order valence-electron chi connectivity index (χ2n) is 2.93. The summed E-state index contributed by atoms with van der Waals surface area (Å²) in [6.45, 7) is 0.600. The summed E-state index contributed by atoms with van der Waals surface area (Å²) in [4.78, 5) is 10.9. The highest BCUT2D eigenvalue weighted by Gasteiger charge is 2.22. The Morgan fingerprint density at radius 3 is 2.77 bits per heavy atom. The highest BCUT2D eigenvalue weighted by atomic mass is 35.5. The van der Waals surface area contributed by atoms with E-state index in [-0.39, 0.29) is 12.1 Å². The van der Waals surface area contributed by atoms with Crippen molar-refractivity contribution in [3.8, 4) is 0 Å². The molecule has 2 N–H and O–H groups in total. The van der Waals surface area contributed by atoms with Crippen molar-refractivity contribution in [2.24, 2.45) is 0 Å². The maximum Gasteiger partial charge on any atom is 0.315 e. The van der Waals surface area contributed by atoms with E-state index in [9.17, 15) is 4.79 Å². The average molecular weight is 197 g/mol. The fourth-order valence-corrected chi connectivity index (χ4v) is 1.67. The van der Waals surface area contributed by atoms with Crippen molar-refractivity contribution in [3.05, 3.63) is 34.9 Å². The lowest BCUT2D eigenvalue weighted by Gasteiger charge is -2.09. The first-order valence-corrected chi connectivity index (χ1v) is 4.44. The Balaban J connectivity index is 2.26. The fourth-order valence-electron chi connectivity index (χ4n) is 1.40. The van der Waals surface area contributed by atoms with Gasteiger partial charge in [0.25, 0.3) is 0 Å². The summed E-state index contributed by atoms with van der Waals surface area (Å²) in [5.41, 5.74) is 0.961. The standard InChI is InChI=1S/C9H9ClN2O/c10-7-4-2-1-3-6(7)8-5-11-9(13)12-8/h1-4,8H,5H2,(H2,11,12,13)/t8-/m0/s1. The zero-order valence-electron chi connectivity index (χ0n) is 6.88. The van der Waals surface area contributed by atoms with Crippen molar-refractivity contribution >= 4 is 17.6 Å². The van der Waals surface area contributed by atoms with Crippen LogP contribution in [-0.4, -0.2) is 12.6 Å². The molecule has 1 saturated heterocycles. The van der Waals surface area contributed by atoms with Crippen molar-refractivity contribution in [2.45, 2.75) is 6.04 Å². The van der Waals surface area contributed by atoms with Crippen LogP contribution in [0, 0.1) is 0 Å². The van der Waals surface area contributed by atoms with E-state index in [0.29, 0.717) is 11.6 Å². The van der Waals surface area contributed by atoms with Gasteiger partial charge in [-0.3, -0.25) is 0 Å². The third-order valence-corrected chi connectivity index (χ3v) is 2.40. The zero-order valence-corrected chi connectivity index (χ0v) is 7.64. The summed E-state index contributed by atoms with van der Waals surface area (Å²) < 4.78 is 0. The number of rotatable bonds is 1. The molecule has 1 atom stereocenters. The summed E-state index contributed by atoms with van der Waals surface area (Å²) in [7, 11) is 0. The van der Waals surface area contributed by atoms with E-state index < -0.39 is 0 Å². The molecule has 0 radical (unpaired) electrons. The van der Waals surface area contributed by atoms with Crippen molar-refractivity contribution in [3.63, 3.8) is 0 Å². The van der Waals surface area contributed by atoms with E-state index in [1.165, 1.54) is 0 Å². The van der Waals surface area contributed by atoms with E-state index in [1.807, 2.05) is 24.3 Å². The molecule has 4 heteroatoms. The fraction of sp³-hybridized carbons (Fsp3) is 0.222. The van der Waals surface area contributed by atoms with Crippen LogP contribution in [0.1, 0.15) is 11.6 Å². The predicted molar refractivity (Wildman–Crippen MR) is 50.7 cm³/mol. The predicted octanol–water partition coefficient (Wildman–Crippen LogP) is 1.69.